The van der Waals surface area contributed by atoms with Gasteiger partial charge in [-0.1, -0.05) is 24.3 Å². The van der Waals surface area contributed by atoms with E-state index in [9.17, 15) is 4.79 Å². The Hall–Kier alpha value is -3.39. The maximum Gasteiger partial charge on any atom is 0.220 e. The largest absolute Gasteiger partial charge is 0.489 e. The molecule has 146 valence electrons. The average Bonchev–Trinajstić information content (AvgIpc) is 2.64. The van der Waals surface area contributed by atoms with Crippen LogP contribution in [0, 0.1) is 0 Å². The Morgan fingerprint density at radius 3 is 2.64 bits per heavy atom. The number of nitrogens with zero attached hydrogens (tertiary/aromatic N) is 3. The minimum atomic E-state index is -0.687. The molecule has 1 aliphatic heterocycles. The van der Waals surface area contributed by atoms with Crippen LogP contribution in [0.25, 0.3) is 0 Å². The van der Waals surface area contributed by atoms with E-state index in [-0.39, 0.29) is 24.3 Å². The van der Waals surface area contributed by atoms with Gasteiger partial charge in [0.15, 0.2) is 5.78 Å². The van der Waals surface area contributed by atoms with Gasteiger partial charge in [-0.25, -0.2) is 4.99 Å². The van der Waals surface area contributed by atoms with Gasteiger partial charge in [0.1, 0.15) is 24.6 Å². The van der Waals surface area contributed by atoms with E-state index >= 15 is 0 Å². The molecule has 0 radical (unpaired) electrons. The van der Waals surface area contributed by atoms with Crippen LogP contribution in [0.3, 0.4) is 0 Å². The molecule has 2 aromatic rings. The van der Waals surface area contributed by atoms with Crippen molar-refractivity contribution in [3.05, 3.63) is 59.7 Å². The monoisotopic (exact) mass is 381 g/mol. The molecular weight excluding hydrogens is 358 g/mol. The summed E-state index contributed by atoms with van der Waals surface area (Å²) in [5.74, 6) is 0.696. The number of aliphatic imine (C=N–C) groups is 2. The number of ether oxygens (including phenoxy) is 1. The van der Waals surface area contributed by atoms with Crippen LogP contribution in [-0.4, -0.2) is 35.1 Å². The van der Waals surface area contributed by atoms with Gasteiger partial charge in [-0.15, -0.1) is 0 Å². The molecule has 0 unspecified atom stereocenters. The predicted octanol–water partition coefficient (Wildman–Crippen LogP) is 1.63. The first-order valence-electron chi connectivity index (χ1n) is 8.76. The number of aliphatic hydroxyl groups is 1. The second-order valence-corrected chi connectivity index (χ2v) is 6.84. The highest BCUT2D eigenvalue weighted by Gasteiger charge is 2.33. The van der Waals surface area contributed by atoms with Crippen molar-refractivity contribution in [1.29, 1.82) is 0 Å². The van der Waals surface area contributed by atoms with E-state index < -0.39 is 12.3 Å². The van der Waals surface area contributed by atoms with Crippen molar-refractivity contribution in [2.45, 2.75) is 26.1 Å². The molecule has 1 heterocycles. The van der Waals surface area contributed by atoms with Crippen LogP contribution >= 0.6 is 0 Å². The van der Waals surface area contributed by atoms with E-state index in [0.29, 0.717) is 11.3 Å². The summed E-state index contributed by atoms with van der Waals surface area (Å²) < 4.78 is 5.87. The van der Waals surface area contributed by atoms with Gasteiger partial charge in [0.2, 0.25) is 11.9 Å². The molecule has 0 aliphatic carbocycles. The van der Waals surface area contributed by atoms with Crippen molar-refractivity contribution in [3.8, 4) is 5.75 Å². The van der Waals surface area contributed by atoms with Crippen molar-refractivity contribution >= 4 is 23.4 Å². The highest BCUT2D eigenvalue weighted by molar-refractivity contribution is 6.05. The number of rotatable bonds is 6. The van der Waals surface area contributed by atoms with Gasteiger partial charge < -0.3 is 21.3 Å². The van der Waals surface area contributed by atoms with Crippen LogP contribution < -0.4 is 21.1 Å². The molecule has 0 spiro atoms. The number of anilines is 1. The first-order chi connectivity index (χ1) is 13.3. The number of aliphatic hydroxyl groups excluding tert-OH is 1. The third-order valence-electron chi connectivity index (χ3n) is 4.27. The number of ketones is 1. The van der Waals surface area contributed by atoms with Crippen LogP contribution in [0.15, 0.2) is 58.5 Å². The van der Waals surface area contributed by atoms with Gasteiger partial charge in [-0.3, -0.25) is 9.69 Å². The van der Waals surface area contributed by atoms with Crippen molar-refractivity contribution in [1.82, 2.24) is 0 Å². The molecular formula is C20H23N5O3. The summed E-state index contributed by atoms with van der Waals surface area (Å²) in [5.41, 5.74) is 13.1. The molecule has 1 aliphatic rings. The second kappa shape index (κ2) is 7.69. The molecule has 0 saturated carbocycles. The van der Waals surface area contributed by atoms with E-state index in [2.05, 4.69) is 9.98 Å². The van der Waals surface area contributed by atoms with E-state index in [1.54, 1.807) is 23.1 Å². The Balaban J connectivity index is 1.78. The molecule has 2 aromatic carbocycles. The Bertz CT molecular complexity index is 952. The fraction of sp³-hybridized carbons (Fsp3) is 0.250. The fourth-order valence-electron chi connectivity index (χ4n) is 3.06. The number of carbonyl (C=O) groups is 1. The van der Waals surface area contributed by atoms with Crippen molar-refractivity contribution < 1.29 is 14.6 Å². The molecule has 0 bridgehead atoms. The number of Topliss-reactive ketones (excluding diaryl/α,β-unsaturated/α-hetero) is 1. The maximum atomic E-state index is 11.6. The molecule has 0 aromatic heterocycles. The normalized spacial score (nSPS) is 15.6. The highest BCUT2D eigenvalue weighted by atomic mass is 16.5. The van der Waals surface area contributed by atoms with Crippen LogP contribution in [-0.2, 0) is 6.61 Å². The lowest BCUT2D eigenvalue weighted by Gasteiger charge is -2.38. The summed E-state index contributed by atoms with van der Waals surface area (Å²) in [6.45, 7) is 3.53. The third kappa shape index (κ3) is 4.12. The van der Waals surface area contributed by atoms with Crippen molar-refractivity contribution in [2.24, 2.45) is 21.5 Å². The minimum Gasteiger partial charge on any atom is -0.489 e. The average molecular weight is 381 g/mol. The topological polar surface area (TPSA) is 127 Å². The Labute approximate surface area is 163 Å². The van der Waals surface area contributed by atoms with Crippen LogP contribution in [0.2, 0.25) is 0 Å². The fourth-order valence-corrected chi connectivity index (χ4v) is 3.06. The molecule has 8 heteroatoms. The lowest BCUT2D eigenvalue weighted by molar-refractivity contribution is 0.0903. The summed E-state index contributed by atoms with van der Waals surface area (Å²) in [5, 5.41) is 9.00. The van der Waals surface area contributed by atoms with Crippen molar-refractivity contribution in [2.75, 3.05) is 11.5 Å². The lowest BCUT2D eigenvalue weighted by atomic mass is 10.1. The smallest absolute Gasteiger partial charge is 0.220 e. The number of hydrogen-bond donors (Lipinski definition) is 3. The van der Waals surface area contributed by atoms with E-state index in [0.717, 1.165) is 11.3 Å². The zero-order valence-electron chi connectivity index (χ0n) is 15.8. The first kappa shape index (κ1) is 19.4. The maximum absolute atomic E-state index is 11.6. The molecule has 3 rings (SSSR count). The molecule has 0 fully saturated rings. The number of guanidine groups is 2. The Morgan fingerprint density at radius 1 is 1.18 bits per heavy atom. The Morgan fingerprint density at radius 2 is 1.93 bits per heavy atom. The minimum absolute atomic E-state index is 0.142. The molecule has 0 saturated heterocycles. The zero-order chi connectivity index (χ0) is 20.3. The highest BCUT2D eigenvalue weighted by Crippen LogP contribution is 2.30. The van der Waals surface area contributed by atoms with Crippen LogP contribution in [0.1, 0.15) is 29.8 Å². The van der Waals surface area contributed by atoms with Crippen LogP contribution in [0.4, 0.5) is 5.69 Å². The second-order valence-electron chi connectivity index (χ2n) is 6.84. The Kier molecular flexibility index (Phi) is 5.32. The van der Waals surface area contributed by atoms with Gasteiger partial charge >= 0.3 is 0 Å². The SMILES string of the molecule is CC1(C)N=C(N)N=C(N)N1c1cccc(OCc2cccc(C(=O)CO)c2)c1. The van der Waals surface area contributed by atoms with Gasteiger partial charge in [-0.05, 0) is 37.6 Å². The standard InChI is InChI=1S/C20H23N5O3/c1-20(2)24-18(21)23-19(22)25(20)15-7-4-8-16(10-15)28-12-13-5-3-6-14(9-13)17(27)11-26/h3-10,26H,11-12H2,1-2H3,(H4,21,22,23,24). The molecule has 5 N–H and O–H groups in total. The van der Waals surface area contributed by atoms with E-state index in [4.69, 9.17) is 21.3 Å². The van der Waals surface area contributed by atoms with Crippen LogP contribution in [0.5, 0.6) is 5.75 Å². The molecule has 0 amide bonds. The van der Waals surface area contributed by atoms with E-state index in [1.165, 1.54) is 0 Å². The first-order valence-corrected chi connectivity index (χ1v) is 8.76. The van der Waals surface area contributed by atoms with Gasteiger partial charge in [-0.2, -0.15) is 4.99 Å². The molecule has 0 atom stereocenters. The zero-order valence-corrected chi connectivity index (χ0v) is 15.8. The molecule has 28 heavy (non-hydrogen) atoms. The van der Waals surface area contributed by atoms with Gasteiger partial charge in [0, 0.05) is 17.3 Å². The lowest BCUT2D eigenvalue weighted by Crippen LogP contribution is -2.54. The molecule has 8 nitrogen and oxygen atoms in total. The van der Waals surface area contributed by atoms with E-state index in [1.807, 2.05) is 44.2 Å². The number of nitrogens with two attached hydrogens (primary N) is 2. The quantitative estimate of drug-likeness (QED) is 0.653. The summed E-state index contributed by atoms with van der Waals surface area (Å²) >= 11 is 0. The predicted molar refractivity (Wildman–Crippen MR) is 108 cm³/mol. The summed E-state index contributed by atoms with van der Waals surface area (Å²) in [6.07, 6.45) is 0. The third-order valence-corrected chi connectivity index (χ3v) is 4.27. The van der Waals surface area contributed by atoms with Gasteiger partial charge in [0.05, 0.1) is 0 Å². The number of hydrogen-bond acceptors (Lipinski definition) is 8. The summed E-state index contributed by atoms with van der Waals surface area (Å²) in [7, 11) is 0. The van der Waals surface area contributed by atoms with Crippen molar-refractivity contribution in [3.63, 3.8) is 0 Å². The summed E-state index contributed by atoms with van der Waals surface area (Å²) in [4.78, 5) is 21.8. The number of benzene rings is 2. The summed E-state index contributed by atoms with van der Waals surface area (Å²) in [6, 6.07) is 14.4. The van der Waals surface area contributed by atoms with Gasteiger partial charge in [0.25, 0.3) is 0 Å². The number of carbonyl (C=O) groups excluding carboxylic acids is 1.